The first kappa shape index (κ1) is 11.8. The van der Waals surface area contributed by atoms with Gasteiger partial charge in [0.2, 0.25) is 0 Å². The molecule has 0 spiro atoms. The van der Waals surface area contributed by atoms with Gasteiger partial charge in [-0.25, -0.2) is 0 Å². The molecule has 0 bridgehead atoms. The molecule has 1 aliphatic heterocycles. The Morgan fingerprint density at radius 3 is 3.00 bits per heavy atom. The third-order valence-corrected chi connectivity index (χ3v) is 3.94. The van der Waals surface area contributed by atoms with Gasteiger partial charge in [0.25, 0.3) is 0 Å². The van der Waals surface area contributed by atoms with Gasteiger partial charge in [-0.2, -0.15) is 5.10 Å². The van der Waals surface area contributed by atoms with E-state index in [1.165, 1.54) is 24.1 Å². The molecule has 1 aliphatic rings. The number of H-pyrrole nitrogens is 1. The molecule has 3 nitrogen and oxygen atoms in total. The van der Waals surface area contributed by atoms with E-state index in [4.69, 9.17) is 11.6 Å². The van der Waals surface area contributed by atoms with E-state index in [0.29, 0.717) is 6.04 Å². The number of halogens is 1. The lowest BCUT2D eigenvalue weighted by molar-refractivity contribution is 0.244. The van der Waals surface area contributed by atoms with Gasteiger partial charge in [-0.15, -0.1) is 0 Å². The summed E-state index contributed by atoms with van der Waals surface area (Å²) in [4.78, 5) is 2.47. The Morgan fingerprint density at radius 1 is 1.33 bits per heavy atom. The van der Waals surface area contributed by atoms with Crippen molar-refractivity contribution in [2.45, 2.75) is 25.4 Å². The predicted molar refractivity (Wildman–Crippen MR) is 72.4 cm³/mol. The van der Waals surface area contributed by atoms with Crippen LogP contribution in [-0.2, 0) is 6.54 Å². The Kier molecular flexibility index (Phi) is 3.35. The van der Waals surface area contributed by atoms with E-state index in [1.54, 1.807) is 0 Å². The van der Waals surface area contributed by atoms with Crippen LogP contribution in [0.25, 0.3) is 0 Å². The van der Waals surface area contributed by atoms with Crippen LogP contribution in [0.1, 0.15) is 30.1 Å². The molecule has 94 valence electrons. The lowest BCUT2D eigenvalue weighted by Gasteiger charge is -2.23. The molecule has 0 aliphatic carbocycles. The number of benzene rings is 1. The monoisotopic (exact) mass is 261 g/mol. The summed E-state index contributed by atoms with van der Waals surface area (Å²) in [5, 5.41) is 7.99. The standard InChI is InChI=1S/C14H16ClN3/c15-12-5-2-1-4-11(12)10-18-9-3-6-14(18)13-7-8-16-17-13/h1-2,4-5,7-8,14H,3,6,9-10H2,(H,16,17)/t14-/m1/s1. The maximum absolute atomic E-state index is 6.23. The van der Waals surface area contributed by atoms with Crippen molar-refractivity contribution in [3.8, 4) is 0 Å². The van der Waals surface area contributed by atoms with Gasteiger partial charge in [-0.1, -0.05) is 29.8 Å². The van der Waals surface area contributed by atoms with E-state index in [1.807, 2.05) is 24.4 Å². The molecule has 18 heavy (non-hydrogen) atoms. The Labute approximate surface area is 112 Å². The molecule has 1 aromatic heterocycles. The first-order chi connectivity index (χ1) is 8.84. The first-order valence-corrected chi connectivity index (χ1v) is 6.69. The van der Waals surface area contributed by atoms with E-state index in [-0.39, 0.29) is 0 Å². The van der Waals surface area contributed by atoms with E-state index >= 15 is 0 Å². The minimum Gasteiger partial charge on any atom is -0.290 e. The number of nitrogens with one attached hydrogen (secondary N) is 1. The summed E-state index contributed by atoms with van der Waals surface area (Å²) >= 11 is 6.23. The second-order valence-corrected chi connectivity index (χ2v) is 5.14. The normalized spacial score (nSPS) is 20.4. The van der Waals surface area contributed by atoms with E-state index < -0.39 is 0 Å². The zero-order valence-electron chi connectivity index (χ0n) is 10.1. The number of hydrogen-bond acceptors (Lipinski definition) is 2. The van der Waals surface area contributed by atoms with Crippen LogP contribution in [0.2, 0.25) is 5.02 Å². The molecular weight excluding hydrogens is 246 g/mol. The highest BCUT2D eigenvalue weighted by molar-refractivity contribution is 6.31. The predicted octanol–water partition coefficient (Wildman–Crippen LogP) is 3.40. The zero-order valence-corrected chi connectivity index (χ0v) is 10.9. The Morgan fingerprint density at radius 2 is 2.22 bits per heavy atom. The summed E-state index contributed by atoms with van der Waals surface area (Å²) in [7, 11) is 0. The van der Waals surface area contributed by atoms with Crippen LogP contribution >= 0.6 is 11.6 Å². The molecule has 1 aromatic carbocycles. The molecular formula is C14H16ClN3. The van der Waals surface area contributed by atoms with Gasteiger partial charge in [-0.05, 0) is 37.1 Å². The van der Waals surface area contributed by atoms with Crippen molar-refractivity contribution in [1.29, 1.82) is 0 Å². The summed E-state index contributed by atoms with van der Waals surface area (Å²) in [5.41, 5.74) is 2.41. The first-order valence-electron chi connectivity index (χ1n) is 6.31. The number of nitrogens with zero attached hydrogens (tertiary/aromatic N) is 2. The van der Waals surface area contributed by atoms with Crippen molar-refractivity contribution in [1.82, 2.24) is 15.1 Å². The highest BCUT2D eigenvalue weighted by atomic mass is 35.5. The molecule has 0 amide bonds. The summed E-state index contributed by atoms with van der Waals surface area (Å²) in [6.07, 6.45) is 4.24. The Hall–Kier alpha value is -1.32. The summed E-state index contributed by atoms with van der Waals surface area (Å²) in [6.45, 7) is 2.03. The maximum atomic E-state index is 6.23. The van der Waals surface area contributed by atoms with Crippen molar-refractivity contribution in [2.24, 2.45) is 0 Å². The van der Waals surface area contributed by atoms with Crippen molar-refractivity contribution in [3.63, 3.8) is 0 Å². The fourth-order valence-electron chi connectivity index (χ4n) is 2.67. The Bertz CT molecular complexity index is 510. The van der Waals surface area contributed by atoms with Gasteiger partial charge in [0.1, 0.15) is 0 Å². The van der Waals surface area contributed by atoms with E-state index in [0.717, 1.165) is 18.1 Å². The molecule has 1 fully saturated rings. The van der Waals surface area contributed by atoms with Crippen LogP contribution < -0.4 is 0 Å². The molecule has 2 aromatic rings. The zero-order chi connectivity index (χ0) is 12.4. The molecule has 0 saturated carbocycles. The maximum Gasteiger partial charge on any atom is 0.0523 e. The van der Waals surface area contributed by atoms with Crippen LogP contribution in [0.5, 0.6) is 0 Å². The van der Waals surface area contributed by atoms with Crippen molar-refractivity contribution >= 4 is 11.6 Å². The highest BCUT2D eigenvalue weighted by Gasteiger charge is 2.27. The number of rotatable bonds is 3. The highest BCUT2D eigenvalue weighted by Crippen LogP contribution is 2.32. The van der Waals surface area contributed by atoms with Crippen LogP contribution in [0.15, 0.2) is 36.5 Å². The van der Waals surface area contributed by atoms with Crippen LogP contribution in [-0.4, -0.2) is 21.6 Å². The average molecular weight is 262 g/mol. The van der Waals surface area contributed by atoms with E-state index in [2.05, 4.69) is 27.2 Å². The SMILES string of the molecule is Clc1ccccc1CN1CCC[C@@H]1c1ccn[nH]1. The van der Waals surface area contributed by atoms with Gasteiger partial charge in [-0.3, -0.25) is 10.00 Å². The third kappa shape index (κ3) is 2.28. The molecule has 4 heteroatoms. The molecule has 1 atom stereocenters. The number of aromatic amines is 1. The van der Waals surface area contributed by atoms with Gasteiger partial charge in [0, 0.05) is 17.8 Å². The van der Waals surface area contributed by atoms with Crippen LogP contribution in [0, 0.1) is 0 Å². The number of hydrogen-bond donors (Lipinski definition) is 1. The van der Waals surface area contributed by atoms with Gasteiger partial charge in [0.05, 0.1) is 11.7 Å². The average Bonchev–Trinajstić information content (AvgIpc) is 3.02. The van der Waals surface area contributed by atoms with Crippen molar-refractivity contribution in [2.75, 3.05) is 6.54 Å². The molecule has 1 saturated heterocycles. The fraction of sp³-hybridized carbons (Fsp3) is 0.357. The summed E-state index contributed by atoms with van der Waals surface area (Å²) in [6, 6.07) is 10.6. The van der Waals surface area contributed by atoms with Gasteiger partial charge in [0.15, 0.2) is 0 Å². The van der Waals surface area contributed by atoms with Crippen LogP contribution in [0.4, 0.5) is 0 Å². The number of aromatic nitrogens is 2. The van der Waals surface area contributed by atoms with E-state index in [9.17, 15) is 0 Å². The molecule has 1 N–H and O–H groups in total. The topological polar surface area (TPSA) is 31.9 Å². The smallest absolute Gasteiger partial charge is 0.0523 e. The second kappa shape index (κ2) is 5.12. The lowest BCUT2D eigenvalue weighted by Crippen LogP contribution is -2.23. The Balaban J connectivity index is 1.78. The van der Waals surface area contributed by atoms with Crippen molar-refractivity contribution in [3.05, 3.63) is 52.8 Å². The number of likely N-dealkylation sites (tertiary alicyclic amines) is 1. The molecule has 3 rings (SSSR count). The quantitative estimate of drug-likeness (QED) is 0.918. The van der Waals surface area contributed by atoms with Gasteiger partial charge < -0.3 is 0 Å². The molecule has 0 radical (unpaired) electrons. The second-order valence-electron chi connectivity index (χ2n) is 4.73. The van der Waals surface area contributed by atoms with Gasteiger partial charge >= 0.3 is 0 Å². The summed E-state index contributed by atoms with van der Waals surface area (Å²) < 4.78 is 0. The largest absolute Gasteiger partial charge is 0.290 e. The van der Waals surface area contributed by atoms with Crippen molar-refractivity contribution < 1.29 is 0 Å². The summed E-state index contributed by atoms with van der Waals surface area (Å²) in [5.74, 6) is 0. The fourth-order valence-corrected chi connectivity index (χ4v) is 2.86. The minimum atomic E-state index is 0.448. The third-order valence-electron chi connectivity index (χ3n) is 3.58. The molecule has 0 unspecified atom stereocenters. The lowest BCUT2D eigenvalue weighted by atomic mass is 10.1. The van der Waals surface area contributed by atoms with Crippen LogP contribution in [0.3, 0.4) is 0 Å². The molecule has 2 heterocycles. The minimum absolute atomic E-state index is 0.448.